The molecule has 0 spiro atoms. The number of allylic oxidation sites excluding steroid dienone is 3. The number of carbonyl (C=O) groups excluding carboxylic acids is 2. The fourth-order valence-corrected chi connectivity index (χ4v) is 5.69. The normalized spacial score (nSPS) is 30.3. The van der Waals surface area contributed by atoms with E-state index in [2.05, 4.69) is 10.1 Å². The molecule has 0 radical (unpaired) electrons. The monoisotopic (exact) mass is 693 g/mol. The van der Waals surface area contributed by atoms with Gasteiger partial charge >= 0.3 is 5.97 Å². The molecule has 0 unspecified atom stereocenters. The van der Waals surface area contributed by atoms with Crippen LogP contribution >= 0.6 is 11.6 Å². The number of aliphatic hydroxyl groups is 2. The molecule has 1 aromatic rings. The van der Waals surface area contributed by atoms with Crippen molar-refractivity contribution in [1.82, 2.24) is 5.32 Å². The van der Waals surface area contributed by atoms with Crippen LogP contribution < -0.4 is 10.1 Å². The Morgan fingerprint density at radius 1 is 1.06 bits per heavy atom. The molecule has 14 heteroatoms. The summed E-state index contributed by atoms with van der Waals surface area (Å²) in [4.78, 5) is 24.7. The Labute approximate surface area is 275 Å². The number of rotatable bonds is 11. The van der Waals surface area contributed by atoms with E-state index in [-0.39, 0.29) is 36.0 Å². The molecule has 3 rings (SSSR count). The number of benzene rings is 1. The first-order chi connectivity index (χ1) is 22.0. The summed E-state index contributed by atoms with van der Waals surface area (Å²) in [5.41, 5.74) is -1.19. The van der Waals surface area contributed by atoms with Crippen molar-refractivity contribution in [2.24, 2.45) is 11.8 Å². The predicted molar refractivity (Wildman–Crippen MR) is 163 cm³/mol. The molecule has 0 aliphatic carbocycles. The lowest BCUT2D eigenvalue weighted by atomic mass is 9.84. The third-order valence-electron chi connectivity index (χ3n) is 8.20. The molecule has 2 heterocycles. The number of esters is 1. The zero-order valence-electron chi connectivity index (χ0n) is 26.7. The van der Waals surface area contributed by atoms with Crippen LogP contribution in [-0.2, 0) is 19.1 Å². The van der Waals surface area contributed by atoms with Crippen LogP contribution in [0.4, 0.5) is 22.0 Å². The van der Waals surface area contributed by atoms with E-state index >= 15 is 0 Å². The van der Waals surface area contributed by atoms with Gasteiger partial charge in [0, 0.05) is 6.42 Å². The number of amides is 1. The van der Waals surface area contributed by atoms with Crippen LogP contribution in [0.15, 0.2) is 36.0 Å². The van der Waals surface area contributed by atoms with Crippen LogP contribution in [0.1, 0.15) is 60.3 Å². The molecule has 1 amide bonds. The zero-order chi connectivity index (χ0) is 35.2. The average molecular weight is 694 g/mol. The van der Waals surface area contributed by atoms with Crippen molar-refractivity contribution < 1.29 is 56.0 Å². The smallest absolute Gasteiger partial charge is 0.314 e. The summed E-state index contributed by atoms with van der Waals surface area (Å²) in [6.07, 6.45) is 4.17. The van der Waals surface area contributed by atoms with Crippen LogP contribution in [-0.4, -0.2) is 70.1 Å². The summed E-state index contributed by atoms with van der Waals surface area (Å²) in [7, 11) is 0. The standard InChI is InChI=1S/C33H41ClF5NO7/c1-16(2)6-11-24(41)40-21-12-18(4)22(45-19(21)5)9-7-17(3)8-10-23-32(43)33(44,15-34)14-20(46-23)13-25(42)47-31-29(38)27(36)26(35)28(37)30(31)39/h6-8,10-11,16,18-23,32,43-44H,9,12-15H2,1-5H3,(H,40,41)/b10-8+,11-6-,17-7+/t18-,19+,20+,21+,22-,23+,32+,33+/m0/s1. The van der Waals surface area contributed by atoms with Gasteiger partial charge in [-0.15, -0.1) is 11.6 Å². The van der Waals surface area contributed by atoms with Gasteiger partial charge in [-0.3, -0.25) is 9.59 Å². The van der Waals surface area contributed by atoms with E-state index in [4.69, 9.17) is 21.1 Å². The van der Waals surface area contributed by atoms with Gasteiger partial charge in [0.25, 0.3) is 0 Å². The molecule has 0 saturated carbocycles. The van der Waals surface area contributed by atoms with Crippen LogP contribution in [0.2, 0.25) is 0 Å². The minimum absolute atomic E-state index is 0.126. The Balaban J connectivity index is 1.63. The molecule has 2 saturated heterocycles. The van der Waals surface area contributed by atoms with Crippen molar-refractivity contribution >= 4 is 23.5 Å². The van der Waals surface area contributed by atoms with Crippen molar-refractivity contribution in [3.05, 3.63) is 65.0 Å². The fraction of sp³-hybridized carbons (Fsp3) is 0.576. The predicted octanol–water partition coefficient (Wildman–Crippen LogP) is 5.57. The molecule has 2 fully saturated rings. The molecule has 2 aliphatic rings. The van der Waals surface area contributed by atoms with E-state index in [1.807, 2.05) is 39.8 Å². The molecular formula is C33H41ClF5NO7. The highest BCUT2D eigenvalue weighted by molar-refractivity contribution is 6.18. The number of nitrogens with one attached hydrogen (secondary N) is 1. The topological polar surface area (TPSA) is 114 Å². The molecule has 47 heavy (non-hydrogen) atoms. The minimum atomic E-state index is -2.41. The van der Waals surface area contributed by atoms with Gasteiger partial charge < -0.3 is 29.7 Å². The second-order valence-electron chi connectivity index (χ2n) is 12.5. The first-order valence-corrected chi connectivity index (χ1v) is 15.8. The van der Waals surface area contributed by atoms with E-state index in [0.717, 1.165) is 12.0 Å². The van der Waals surface area contributed by atoms with Crippen molar-refractivity contribution in [3.63, 3.8) is 0 Å². The maximum Gasteiger partial charge on any atom is 0.314 e. The summed E-state index contributed by atoms with van der Waals surface area (Å²) in [5.74, 6) is -15.0. The van der Waals surface area contributed by atoms with E-state index in [0.29, 0.717) is 6.42 Å². The van der Waals surface area contributed by atoms with Gasteiger partial charge in [0.05, 0.1) is 36.7 Å². The third-order valence-corrected chi connectivity index (χ3v) is 8.66. The van der Waals surface area contributed by atoms with Gasteiger partial charge in [-0.2, -0.15) is 8.78 Å². The highest BCUT2D eigenvalue weighted by Crippen LogP contribution is 2.34. The van der Waals surface area contributed by atoms with Crippen LogP contribution in [0, 0.1) is 40.9 Å². The maximum atomic E-state index is 14.0. The van der Waals surface area contributed by atoms with Gasteiger partial charge in [-0.25, -0.2) is 13.2 Å². The number of carbonyl (C=O) groups is 2. The molecule has 8 atom stereocenters. The average Bonchev–Trinajstić information content (AvgIpc) is 3.02. The molecule has 0 bridgehead atoms. The Bertz CT molecular complexity index is 1360. The van der Waals surface area contributed by atoms with Crippen molar-refractivity contribution in [3.8, 4) is 5.75 Å². The van der Waals surface area contributed by atoms with Crippen molar-refractivity contribution in [2.75, 3.05) is 5.88 Å². The molecular weight excluding hydrogens is 653 g/mol. The molecule has 3 N–H and O–H groups in total. The first kappa shape index (κ1) is 38.6. The van der Waals surface area contributed by atoms with E-state index in [1.165, 1.54) is 12.2 Å². The van der Waals surface area contributed by atoms with Crippen LogP contribution in [0.25, 0.3) is 0 Å². The van der Waals surface area contributed by atoms with Gasteiger partial charge in [-0.1, -0.05) is 50.6 Å². The number of ether oxygens (including phenoxy) is 3. The van der Waals surface area contributed by atoms with Gasteiger partial charge in [-0.05, 0) is 44.6 Å². The van der Waals surface area contributed by atoms with E-state index in [1.54, 1.807) is 13.0 Å². The first-order valence-electron chi connectivity index (χ1n) is 15.3. The number of hydrogen-bond donors (Lipinski definition) is 3. The zero-order valence-corrected chi connectivity index (χ0v) is 27.5. The quantitative estimate of drug-likeness (QED) is 0.0406. The highest BCUT2D eigenvalue weighted by atomic mass is 35.5. The van der Waals surface area contributed by atoms with Gasteiger partial charge in [0.15, 0.2) is 0 Å². The van der Waals surface area contributed by atoms with Crippen molar-refractivity contribution in [1.29, 1.82) is 0 Å². The lowest BCUT2D eigenvalue weighted by molar-refractivity contribution is -0.196. The lowest BCUT2D eigenvalue weighted by Crippen LogP contribution is -2.58. The largest absolute Gasteiger partial charge is 0.420 e. The SMILES string of the molecule is CC(/C=C/[C@H]1O[C@H](CC(=O)Oc2c(F)c(F)c(F)c(F)c2F)C[C@@](O)(CCl)[C@@H]1O)=C\C[C@@H]1O[C@H](C)[C@H](NC(=O)/C=C\C(C)C)C[C@@H]1C. The Morgan fingerprint density at radius 2 is 1.68 bits per heavy atom. The lowest BCUT2D eigenvalue weighted by Gasteiger charge is -2.43. The summed E-state index contributed by atoms with van der Waals surface area (Å²) in [5, 5.41) is 24.7. The molecule has 262 valence electrons. The molecule has 0 aromatic heterocycles. The van der Waals surface area contributed by atoms with Crippen LogP contribution in [0.3, 0.4) is 0 Å². The highest BCUT2D eigenvalue weighted by Gasteiger charge is 2.47. The summed E-state index contributed by atoms with van der Waals surface area (Å²) >= 11 is 5.92. The summed E-state index contributed by atoms with van der Waals surface area (Å²) in [6.45, 7) is 9.70. The molecule has 1 aromatic carbocycles. The van der Waals surface area contributed by atoms with Gasteiger partial charge in [0.1, 0.15) is 17.8 Å². The number of aliphatic hydroxyl groups excluding tert-OH is 1. The number of hydrogen-bond acceptors (Lipinski definition) is 7. The number of halogens is 6. The van der Waals surface area contributed by atoms with E-state index < -0.39 is 83.4 Å². The molecule has 8 nitrogen and oxygen atoms in total. The van der Waals surface area contributed by atoms with Crippen molar-refractivity contribution in [2.45, 2.75) is 102 Å². The summed E-state index contributed by atoms with van der Waals surface area (Å²) < 4.78 is 84.7. The van der Waals surface area contributed by atoms with Gasteiger partial charge in [0.2, 0.25) is 40.7 Å². The number of alkyl halides is 1. The van der Waals surface area contributed by atoms with Crippen LogP contribution in [0.5, 0.6) is 5.75 Å². The Kier molecular flexibility index (Phi) is 13.6. The van der Waals surface area contributed by atoms with E-state index in [9.17, 15) is 41.8 Å². The Hall–Kier alpha value is -2.84. The minimum Gasteiger partial charge on any atom is -0.420 e. The third kappa shape index (κ3) is 9.85. The second-order valence-corrected chi connectivity index (χ2v) is 12.8. The molecule has 2 aliphatic heterocycles. The Morgan fingerprint density at radius 3 is 2.28 bits per heavy atom. The maximum absolute atomic E-state index is 14.0. The summed E-state index contributed by atoms with van der Waals surface area (Å²) in [6, 6.07) is -0.137. The fourth-order valence-electron chi connectivity index (χ4n) is 5.43. The second kappa shape index (κ2) is 16.5.